The summed E-state index contributed by atoms with van der Waals surface area (Å²) in [6.45, 7) is 2.68. The van der Waals surface area contributed by atoms with Crippen LogP contribution in [0.25, 0.3) is 6.08 Å². The first-order valence-electron chi connectivity index (χ1n) is 9.53. The summed E-state index contributed by atoms with van der Waals surface area (Å²) in [5.74, 6) is -0.419. The van der Waals surface area contributed by atoms with E-state index in [0.29, 0.717) is 22.0 Å². The van der Waals surface area contributed by atoms with Gasteiger partial charge in [-0.05, 0) is 55.4 Å². The largest absolute Gasteiger partial charge is 0.353 e. The van der Waals surface area contributed by atoms with Crippen LogP contribution >= 0.6 is 23.4 Å². The topological polar surface area (TPSA) is 69.7 Å². The quantitative estimate of drug-likeness (QED) is 0.713. The standard InChI is InChI=1S/C20H24ClN3O3S/c21-16-8-4-3-7-15(16)13-17-19(26)24(20(27)28-17)12-9-22-18(25)14-23-10-5-1-2-6-11-23/h3-4,7-8,13H,1-2,5-6,9-12,14H2,(H,22,25). The molecule has 0 saturated carbocycles. The molecule has 150 valence electrons. The number of carbonyl (C=O) groups excluding carboxylic acids is 3. The molecule has 2 aliphatic heterocycles. The number of imide groups is 1. The molecule has 2 aliphatic rings. The molecule has 0 aromatic heterocycles. The van der Waals surface area contributed by atoms with Gasteiger partial charge in [-0.25, -0.2) is 0 Å². The van der Waals surface area contributed by atoms with Crippen LogP contribution in [-0.4, -0.2) is 59.6 Å². The molecular formula is C20H24ClN3O3S. The Morgan fingerprint density at radius 3 is 2.57 bits per heavy atom. The van der Waals surface area contributed by atoms with Gasteiger partial charge in [0.05, 0.1) is 11.4 Å². The number of nitrogens with zero attached hydrogens (tertiary/aromatic N) is 2. The fourth-order valence-electron chi connectivity index (χ4n) is 3.29. The average molecular weight is 422 g/mol. The highest BCUT2D eigenvalue weighted by Gasteiger charge is 2.34. The minimum Gasteiger partial charge on any atom is -0.353 e. The van der Waals surface area contributed by atoms with E-state index in [9.17, 15) is 14.4 Å². The van der Waals surface area contributed by atoms with E-state index in [1.807, 2.05) is 6.07 Å². The summed E-state index contributed by atoms with van der Waals surface area (Å²) in [7, 11) is 0. The van der Waals surface area contributed by atoms with E-state index >= 15 is 0 Å². The van der Waals surface area contributed by atoms with Crippen molar-refractivity contribution in [1.29, 1.82) is 0 Å². The van der Waals surface area contributed by atoms with Gasteiger partial charge in [0.25, 0.3) is 11.1 Å². The number of likely N-dealkylation sites (tertiary alicyclic amines) is 1. The first-order valence-corrected chi connectivity index (χ1v) is 10.7. The normalized spacial score (nSPS) is 19.9. The van der Waals surface area contributed by atoms with Gasteiger partial charge in [0.1, 0.15) is 0 Å². The van der Waals surface area contributed by atoms with E-state index in [1.54, 1.807) is 24.3 Å². The molecule has 0 unspecified atom stereocenters. The van der Waals surface area contributed by atoms with Gasteiger partial charge in [-0.2, -0.15) is 0 Å². The number of hydrogen-bond donors (Lipinski definition) is 1. The van der Waals surface area contributed by atoms with E-state index in [2.05, 4.69) is 10.2 Å². The number of hydrogen-bond acceptors (Lipinski definition) is 5. The second kappa shape index (κ2) is 10.1. The van der Waals surface area contributed by atoms with Crippen molar-refractivity contribution in [2.75, 3.05) is 32.7 Å². The molecule has 0 atom stereocenters. The van der Waals surface area contributed by atoms with E-state index in [1.165, 1.54) is 17.7 Å². The Kier molecular flexibility index (Phi) is 7.53. The summed E-state index contributed by atoms with van der Waals surface area (Å²) in [6.07, 6.45) is 6.33. The molecule has 1 N–H and O–H groups in total. The molecule has 0 bridgehead atoms. The number of thioether (sulfide) groups is 1. The summed E-state index contributed by atoms with van der Waals surface area (Å²) in [6, 6.07) is 7.15. The fourth-order valence-corrected chi connectivity index (χ4v) is 4.33. The van der Waals surface area contributed by atoms with Crippen LogP contribution in [0.2, 0.25) is 5.02 Å². The van der Waals surface area contributed by atoms with Crippen LogP contribution in [0.1, 0.15) is 31.2 Å². The molecule has 1 aromatic carbocycles. The highest BCUT2D eigenvalue weighted by atomic mass is 35.5. The van der Waals surface area contributed by atoms with Gasteiger partial charge in [0, 0.05) is 18.1 Å². The maximum absolute atomic E-state index is 12.5. The minimum atomic E-state index is -0.350. The Labute approximate surface area is 174 Å². The first-order chi connectivity index (χ1) is 13.5. The maximum Gasteiger partial charge on any atom is 0.293 e. The van der Waals surface area contributed by atoms with Crippen molar-refractivity contribution in [3.8, 4) is 0 Å². The lowest BCUT2D eigenvalue weighted by atomic mass is 10.2. The lowest BCUT2D eigenvalue weighted by Gasteiger charge is -2.19. The second-order valence-corrected chi connectivity index (χ2v) is 8.30. The summed E-state index contributed by atoms with van der Waals surface area (Å²) < 4.78 is 0. The molecule has 1 aromatic rings. The summed E-state index contributed by atoms with van der Waals surface area (Å²) in [5, 5.41) is 3.01. The number of benzene rings is 1. The van der Waals surface area contributed by atoms with Crippen molar-refractivity contribution >= 4 is 46.5 Å². The van der Waals surface area contributed by atoms with Crippen LogP contribution in [0.15, 0.2) is 29.2 Å². The highest BCUT2D eigenvalue weighted by Crippen LogP contribution is 2.33. The Morgan fingerprint density at radius 2 is 1.86 bits per heavy atom. The van der Waals surface area contributed by atoms with Crippen LogP contribution in [-0.2, 0) is 9.59 Å². The predicted molar refractivity (Wildman–Crippen MR) is 112 cm³/mol. The molecule has 6 nitrogen and oxygen atoms in total. The van der Waals surface area contributed by atoms with Crippen molar-refractivity contribution in [2.24, 2.45) is 0 Å². The summed E-state index contributed by atoms with van der Waals surface area (Å²) in [4.78, 5) is 40.5. The van der Waals surface area contributed by atoms with E-state index in [4.69, 9.17) is 11.6 Å². The predicted octanol–water partition coefficient (Wildman–Crippen LogP) is 3.37. The number of halogens is 1. The van der Waals surface area contributed by atoms with Crippen LogP contribution in [0.3, 0.4) is 0 Å². The van der Waals surface area contributed by atoms with Crippen LogP contribution in [0.4, 0.5) is 4.79 Å². The number of nitrogens with one attached hydrogen (secondary N) is 1. The third kappa shape index (κ3) is 5.59. The van der Waals surface area contributed by atoms with E-state index in [0.717, 1.165) is 37.7 Å². The molecule has 0 spiro atoms. The van der Waals surface area contributed by atoms with Gasteiger partial charge in [-0.1, -0.05) is 42.6 Å². The van der Waals surface area contributed by atoms with Crippen molar-refractivity contribution in [1.82, 2.24) is 15.1 Å². The molecule has 2 fully saturated rings. The van der Waals surface area contributed by atoms with Gasteiger partial charge in [0.2, 0.25) is 5.91 Å². The zero-order chi connectivity index (χ0) is 19.9. The SMILES string of the molecule is O=C(CN1CCCCCC1)NCCN1C(=O)SC(=Cc2ccccc2Cl)C1=O. The molecular weight excluding hydrogens is 398 g/mol. The van der Waals surface area contributed by atoms with Gasteiger partial charge in [-0.15, -0.1) is 0 Å². The Balaban J connectivity index is 1.49. The zero-order valence-electron chi connectivity index (χ0n) is 15.7. The Hall–Kier alpha value is -1.83. The van der Waals surface area contributed by atoms with Gasteiger partial charge in [-0.3, -0.25) is 24.2 Å². The Bertz CT molecular complexity index is 776. The van der Waals surface area contributed by atoms with Crippen molar-refractivity contribution in [3.63, 3.8) is 0 Å². The highest BCUT2D eigenvalue weighted by molar-refractivity contribution is 8.18. The monoisotopic (exact) mass is 421 g/mol. The van der Waals surface area contributed by atoms with Crippen LogP contribution < -0.4 is 5.32 Å². The van der Waals surface area contributed by atoms with Gasteiger partial charge >= 0.3 is 0 Å². The van der Waals surface area contributed by atoms with E-state index < -0.39 is 0 Å². The van der Waals surface area contributed by atoms with Crippen molar-refractivity contribution in [3.05, 3.63) is 39.8 Å². The van der Waals surface area contributed by atoms with Crippen LogP contribution in [0, 0.1) is 0 Å². The second-order valence-electron chi connectivity index (χ2n) is 6.90. The molecule has 8 heteroatoms. The number of carbonyl (C=O) groups is 3. The maximum atomic E-state index is 12.5. The lowest BCUT2D eigenvalue weighted by Crippen LogP contribution is -2.41. The van der Waals surface area contributed by atoms with E-state index in [-0.39, 0.29) is 30.1 Å². The number of rotatable bonds is 6. The van der Waals surface area contributed by atoms with Gasteiger partial charge < -0.3 is 5.32 Å². The lowest BCUT2D eigenvalue weighted by molar-refractivity contribution is -0.124. The zero-order valence-corrected chi connectivity index (χ0v) is 17.2. The summed E-state index contributed by atoms with van der Waals surface area (Å²) in [5.41, 5.74) is 0.695. The number of amides is 3. The molecule has 2 heterocycles. The molecule has 0 radical (unpaired) electrons. The van der Waals surface area contributed by atoms with Gasteiger partial charge in [0.15, 0.2) is 0 Å². The average Bonchev–Trinajstić information content (AvgIpc) is 2.84. The molecule has 28 heavy (non-hydrogen) atoms. The van der Waals surface area contributed by atoms with Crippen molar-refractivity contribution < 1.29 is 14.4 Å². The molecule has 2 saturated heterocycles. The third-order valence-electron chi connectivity index (χ3n) is 4.79. The molecule has 0 aliphatic carbocycles. The molecule has 3 rings (SSSR count). The van der Waals surface area contributed by atoms with Crippen LogP contribution in [0.5, 0.6) is 0 Å². The minimum absolute atomic E-state index is 0.0690. The first kappa shape index (κ1) is 20.9. The Morgan fingerprint density at radius 1 is 1.14 bits per heavy atom. The summed E-state index contributed by atoms with van der Waals surface area (Å²) >= 11 is 7.01. The smallest absolute Gasteiger partial charge is 0.293 e. The third-order valence-corrected chi connectivity index (χ3v) is 6.04. The van der Waals surface area contributed by atoms with Crippen molar-refractivity contribution in [2.45, 2.75) is 25.7 Å². The molecule has 3 amide bonds. The fraction of sp³-hybridized carbons (Fsp3) is 0.450.